The van der Waals surface area contributed by atoms with Gasteiger partial charge in [-0.05, 0) is 48.2 Å². The SMILES string of the molecule is COC1CC(C(=O)O)N(C(=O)c2ccc(-c3ccc(C)c(C)c3)cc2F)C1. The third-order valence-corrected chi connectivity index (χ3v) is 5.18. The van der Waals surface area contributed by atoms with Crippen molar-refractivity contribution in [2.45, 2.75) is 32.4 Å². The number of aliphatic carboxylic acids is 1. The van der Waals surface area contributed by atoms with Crippen LogP contribution in [0.5, 0.6) is 0 Å². The summed E-state index contributed by atoms with van der Waals surface area (Å²) in [5.74, 6) is -2.41. The van der Waals surface area contributed by atoms with Gasteiger partial charge in [-0.3, -0.25) is 4.79 Å². The van der Waals surface area contributed by atoms with Gasteiger partial charge in [0.05, 0.1) is 11.7 Å². The second-order valence-electron chi connectivity index (χ2n) is 6.90. The zero-order chi connectivity index (χ0) is 19.7. The molecule has 0 saturated carbocycles. The molecule has 1 aliphatic rings. The molecule has 0 bridgehead atoms. The molecule has 2 aromatic rings. The Balaban J connectivity index is 1.90. The van der Waals surface area contributed by atoms with E-state index in [0.717, 1.165) is 16.7 Å². The summed E-state index contributed by atoms with van der Waals surface area (Å²) in [4.78, 5) is 25.4. The lowest BCUT2D eigenvalue weighted by atomic mass is 9.99. The standard InChI is InChI=1S/C21H22FNO4/c1-12-4-5-14(8-13(12)2)15-6-7-17(18(22)9-15)20(24)23-11-16(27-3)10-19(23)21(25)26/h4-9,16,19H,10-11H2,1-3H3,(H,25,26). The Morgan fingerprint density at radius 1 is 1.11 bits per heavy atom. The molecule has 0 aliphatic carbocycles. The lowest BCUT2D eigenvalue weighted by Crippen LogP contribution is -2.41. The smallest absolute Gasteiger partial charge is 0.326 e. The molecule has 0 aromatic heterocycles. The van der Waals surface area contributed by atoms with Crippen LogP contribution in [0.25, 0.3) is 11.1 Å². The van der Waals surface area contributed by atoms with E-state index in [2.05, 4.69) is 0 Å². The van der Waals surface area contributed by atoms with Crippen LogP contribution < -0.4 is 0 Å². The highest BCUT2D eigenvalue weighted by atomic mass is 19.1. The maximum absolute atomic E-state index is 14.7. The molecule has 1 N–H and O–H groups in total. The maximum Gasteiger partial charge on any atom is 0.326 e. The number of aryl methyl sites for hydroxylation is 2. The highest BCUT2D eigenvalue weighted by Gasteiger charge is 2.40. The van der Waals surface area contributed by atoms with Crippen molar-refractivity contribution in [2.24, 2.45) is 0 Å². The van der Waals surface area contributed by atoms with E-state index in [4.69, 9.17) is 4.74 Å². The Bertz CT molecular complexity index is 896. The average molecular weight is 371 g/mol. The number of methoxy groups -OCH3 is 1. The van der Waals surface area contributed by atoms with Gasteiger partial charge < -0.3 is 14.7 Å². The van der Waals surface area contributed by atoms with Gasteiger partial charge in [-0.25, -0.2) is 9.18 Å². The monoisotopic (exact) mass is 371 g/mol. The highest BCUT2D eigenvalue weighted by molar-refractivity contribution is 5.97. The summed E-state index contributed by atoms with van der Waals surface area (Å²) in [5, 5.41) is 9.36. The van der Waals surface area contributed by atoms with Gasteiger partial charge in [0.25, 0.3) is 5.91 Å². The third-order valence-electron chi connectivity index (χ3n) is 5.18. The minimum Gasteiger partial charge on any atom is -0.480 e. The predicted octanol–water partition coefficient (Wildman–Crippen LogP) is 3.42. The first kappa shape index (κ1) is 19.0. The molecule has 1 saturated heterocycles. The minimum absolute atomic E-state index is 0.130. The number of benzene rings is 2. The fraction of sp³-hybridized carbons (Fsp3) is 0.333. The van der Waals surface area contributed by atoms with E-state index in [1.165, 1.54) is 24.1 Å². The van der Waals surface area contributed by atoms with Gasteiger partial charge in [-0.2, -0.15) is 0 Å². The molecule has 2 aromatic carbocycles. The molecule has 5 nitrogen and oxygen atoms in total. The fourth-order valence-electron chi connectivity index (χ4n) is 3.37. The molecule has 1 heterocycles. The number of nitrogens with zero attached hydrogens (tertiary/aromatic N) is 1. The molecule has 1 fully saturated rings. The number of carboxylic acid groups (broad SMARTS) is 1. The summed E-state index contributed by atoms with van der Waals surface area (Å²) >= 11 is 0. The summed E-state index contributed by atoms with van der Waals surface area (Å²) in [6, 6.07) is 9.24. The van der Waals surface area contributed by atoms with Gasteiger partial charge in [0.1, 0.15) is 11.9 Å². The number of carbonyl (C=O) groups is 2. The van der Waals surface area contributed by atoms with Crippen LogP contribution in [0.15, 0.2) is 36.4 Å². The zero-order valence-corrected chi connectivity index (χ0v) is 15.5. The van der Waals surface area contributed by atoms with Gasteiger partial charge in [0, 0.05) is 20.1 Å². The van der Waals surface area contributed by atoms with Crippen molar-refractivity contribution in [2.75, 3.05) is 13.7 Å². The highest BCUT2D eigenvalue weighted by Crippen LogP contribution is 2.27. The van der Waals surface area contributed by atoms with E-state index >= 15 is 0 Å². The molecular weight excluding hydrogens is 349 g/mol. The van der Waals surface area contributed by atoms with Crippen LogP contribution in [0, 0.1) is 19.7 Å². The summed E-state index contributed by atoms with van der Waals surface area (Å²) in [6.45, 7) is 4.12. The Labute approximate surface area is 157 Å². The minimum atomic E-state index is -1.12. The van der Waals surface area contributed by atoms with Crippen molar-refractivity contribution >= 4 is 11.9 Å². The quantitative estimate of drug-likeness (QED) is 0.894. The molecule has 142 valence electrons. The average Bonchev–Trinajstić information content (AvgIpc) is 3.08. The molecule has 6 heteroatoms. The molecule has 2 unspecified atom stereocenters. The molecule has 3 rings (SSSR count). The topological polar surface area (TPSA) is 66.8 Å². The van der Waals surface area contributed by atoms with Crippen LogP contribution in [0.3, 0.4) is 0 Å². The number of hydrogen-bond acceptors (Lipinski definition) is 3. The number of amides is 1. The van der Waals surface area contributed by atoms with Crippen LogP contribution in [0.1, 0.15) is 27.9 Å². The van der Waals surface area contributed by atoms with Gasteiger partial charge in [0.15, 0.2) is 0 Å². The van der Waals surface area contributed by atoms with Crippen molar-refractivity contribution in [1.29, 1.82) is 0 Å². The van der Waals surface area contributed by atoms with Crippen LogP contribution in [0.4, 0.5) is 4.39 Å². The fourth-order valence-corrected chi connectivity index (χ4v) is 3.37. The van der Waals surface area contributed by atoms with Crippen molar-refractivity contribution < 1.29 is 23.8 Å². The van der Waals surface area contributed by atoms with E-state index < -0.39 is 23.7 Å². The van der Waals surface area contributed by atoms with Gasteiger partial charge in [-0.1, -0.05) is 24.3 Å². The molecule has 1 aliphatic heterocycles. The third kappa shape index (κ3) is 3.71. The number of carboxylic acids is 1. The van der Waals surface area contributed by atoms with Gasteiger partial charge in [-0.15, -0.1) is 0 Å². The van der Waals surface area contributed by atoms with E-state index in [0.29, 0.717) is 5.56 Å². The first-order chi connectivity index (χ1) is 12.8. The molecule has 1 amide bonds. The van der Waals surface area contributed by atoms with Crippen LogP contribution in [-0.2, 0) is 9.53 Å². The van der Waals surface area contributed by atoms with E-state index in [1.807, 2.05) is 32.0 Å². The van der Waals surface area contributed by atoms with E-state index in [1.54, 1.807) is 6.07 Å². The van der Waals surface area contributed by atoms with Crippen molar-refractivity contribution in [3.05, 3.63) is 58.9 Å². The summed E-state index contributed by atoms with van der Waals surface area (Å²) < 4.78 is 19.9. The predicted molar refractivity (Wildman–Crippen MR) is 99.2 cm³/mol. The van der Waals surface area contributed by atoms with Gasteiger partial charge in [0.2, 0.25) is 0 Å². The Kier molecular flexibility index (Phi) is 5.28. The van der Waals surface area contributed by atoms with Crippen molar-refractivity contribution in [3.63, 3.8) is 0 Å². The molecule has 0 spiro atoms. The Hall–Kier alpha value is -2.73. The normalized spacial score (nSPS) is 19.3. The number of likely N-dealkylation sites (tertiary alicyclic amines) is 1. The van der Waals surface area contributed by atoms with E-state index in [-0.39, 0.29) is 24.6 Å². The van der Waals surface area contributed by atoms with Gasteiger partial charge >= 0.3 is 5.97 Å². The first-order valence-corrected chi connectivity index (χ1v) is 8.75. The van der Waals surface area contributed by atoms with Crippen LogP contribution in [-0.4, -0.2) is 47.7 Å². The Morgan fingerprint density at radius 2 is 1.78 bits per heavy atom. The van der Waals surface area contributed by atoms with Crippen LogP contribution >= 0.6 is 0 Å². The molecule has 27 heavy (non-hydrogen) atoms. The van der Waals surface area contributed by atoms with Crippen molar-refractivity contribution in [1.82, 2.24) is 4.90 Å². The number of rotatable bonds is 4. The molecule has 0 radical (unpaired) electrons. The second kappa shape index (κ2) is 7.48. The van der Waals surface area contributed by atoms with E-state index in [9.17, 15) is 19.1 Å². The second-order valence-corrected chi connectivity index (χ2v) is 6.90. The summed E-state index contributed by atoms with van der Waals surface area (Å²) in [5.41, 5.74) is 3.64. The van der Waals surface area contributed by atoms with Crippen molar-refractivity contribution in [3.8, 4) is 11.1 Å². The first-order valence-electron chi connectivity index (χ1n) is 8.75. The lowest BCUT2D eigenvalue weighted by molar-refractivity contribution is -0.141. The Morgan fingerprint density at radius 3 is 2.37 bits per heavy atom. The number of ether oxygens (including phenoxy) is 1. The zero-order valence-electron chi connectivity index (χ0n) is 15.5. The summed E-state index contributed by atoms with van der Waals surface area (Å²) in [7, 11) is 1.47. The maximum atomic E-state index is 14.7. The summed E-state index contributed by atoms with van der Waals surface area (Å²) in [6.07, 6.45) is -0.173. The molecular formula is C21H22FNO4. The number of carbonyl (C=O) groups excluding carboxylic acids is 1. The largest absolute Gasteiger partial charge is 0.480 e. The van der Waals surface area contributed by atoms with Crippen LogP contribution in [0.2, 0.25) is 0 Å². The number of hydrogen-bond donors (Lipinski definition) is 1. The lowest BCUT2D eigenvalue weighted by Gasteiger charge is -2.21. The molecule has 2 atom stereocenters. The number of halogens is 1.